The fraction of sp³-hybridized carbons (Fsp3) is 0.467. The summed E-state index contributed by atoms with van der Waals surface area (Å²) < 4.78 is 0. The maximum Gasteiger partial charge on any atom is 0.326 e. The molecule has 2 atom stereocenters. The number of anilines is 1. The predicted octanol–water partition coefficient (Wildman–Crippen LogP) is 1.52. The first-order chi connectivity index (χ1) is 9.50. The lowest BCUT2D eigenvalue weighted by Crippen LogP contribution is -2.42. The lowest BCUT2D eigenvalue weighted by Gasteiger charge is -2.23. The van der Waals surface area contributed by atoms with Crippen molar-refractivity contribution < 1.29 is 14.7 Å². The number of aliphatic carboxylic acids is 1. The fourth-order valence-electron chi connectivity index (χ4n) is 2.75. The maximum atomic E-state index is 12.2. The van der Waals surface area contributed by atoms with E-state index in [1.807, 2.05) is 25.1 Å². The Balaban J connectivity index is 1.99. The van der Waals surface area contributed by atoms with Gasteiger partial charge in [0.1, 0.15) is 6.04 Å². The number of nitrogens with two attached hydrogens (primary N) is 1. The van der Waals surface area contributed by atoms with E-state index in [9.17, 15) is 14.7 Å². The molecule has 0 aliphatic carbocycles. The van der Waals surface area contributed by atoms with Gasteiger partial charge in [0.25, 0.3) is 0 Å². The summed E-state index contributed by atoms with van der Waals surface area (Å²) in [4.78, 5) is 24.9. The van der Waals surface area contributed by atoms with Gasteiger partial charge in [-0.1, -0.05) is 25.1 Å². The van der Waals surface area contributed by atoms with Gasteiger partial charge < -0.3 is 15.7 Å². The number of carboxylic acid groups (broad SMARTS) is 1. The number of nitrogens with zero attached hydrogens (tertiary/aromatic N) is 1. The molecule has 3 N–H and O–H groups in total. The number of amides is 1. The Morgan fingerprint density at radius 3 is 2.75 bits per heavy atom. The normalized spacial score (nSPS) is 21.9. The molecule has 1 heterocycles. The highest BCUT2D eigenvalue weighted by molar-refractivity contribution is 5.84. The number of carbonyl (C=O) groups is 2. The summed E-state index contributed by atoms with van der Waals surface area (Å²) in [7, 11) is 0. The van der Waals surface area contributed by atoms with Crippen molar-refractivity contribution in [3.63, 3.8) is 0 Å². The van der Waals surface area contributed by atoms with Crippen LogP contribution in [0.3, 0.4) is 0 Å². The summed E-state index contributed by atoms with van der Waals surface area (Å²) in [6, 6.07) is 6.75. The topological polar surface area (TPSA) is 83.6 Å². The van der Waals surface area contributed by atoms with Crippen LogP contribution in [-0.4, -0.2) is 34.5 Å². The zero-order chi connectivity index (χ0) is 14.7. The molecular formula is C15H20N2O3. The van der Waals surface area contributed by atoms with Gasteiger partial charge in [-0.05, 0) is 30.4 Å². The van der Waals surface area contributed by atoms with E-state index in [-0.39, 0.29) is 11.8 Å². The third-order valence-corrected chi connectivity index (χ3v) is 3.94. The van der Waals surface area contributed by atoms with E-state index < -0.39 is 12.0 Å². The molecule has 1 saturated heterocycles. The second kappa shape index (κ2) is 5.94. The highest BCUT2D eigenvalue weighted by Gasteiger charge is 2.38. The van der Waals surface area contributed by atoms with Crippen LogP contribution in [0, 0.1) is 5.92 Å². The summed E-state index contributed by atoms with van der Waals surface area (Å²) in [5.41, 5.74) is 7.44. The Morgan fingerprint density at radius 2 is 2.10 bits per heavy atom. The number of nitrogen functional groups attached to an aromatic ring is 1. The average molecular weight is 276 g/mol. The summed E-state index contributed by atoms with van der Waals surface area (Å²) in [6.07, 6.45) is 1.59. The van der Waals surface area contributed by atoms with E-state index in [4.69, 9.17) is 5.73 Å². The zero-order valence-corrected chi connectivity index (χ0v) is 11.6. The molecule has 2 rings (SSSR count). The van der Waals surface area contributed by atoms with Crippen molar-refractivity contribution in [3.8, 4) is 0 Å². The average Bonchev–Trinajstić information content (AvgIpc) is 2.79. The number of para-hydroxylation sites is 1. The van der Waals surface area contributed by atoms with E-state index in [2.05, 4.69) is 0 Å². The van der Waals surface area contributed by atoms with Crippen molar-refractivity contribution in [1.82, 2.24) is 4.90 Å². The first-order valence-electron chi connectivity index (χ1n) is 6.86. The molecule has 20 heavy (non-hydrogen) atoms. The Bertz CT molecular complexity index is 516. The lowest BCUT2D eigenvalue weighted by atomic mass is 10.0. The van der Waals surface area contributed by atoms with Crippen LogP contribution in [0.25, 0.3) is 0 Å². The van der Waals surface area contributed by atoms with Crippen LogP contribution < -0.4 is 5.73 Å². The Labute approximate surface area is 118 Å². The van der Waals surface area contributed by atoms with Gasteiger partial charge in [-0.2, -0.15) is 0 Å². The van der Waals surface area contributed by atoms with E-state index in [0.717, 1.165) is 12.0 Å². The molecule has 0 radical (unpaired) electrons. The second-order valence-electron chi connectivity index (χ2n) is 5.33. The lowest BCUT2D eigenvalue weighted by molar-refractivity contribution is -0.149. The minimum absolute atomic E-state index is 0.0123. The fourth-order valence-corrected chi connectivity index (χ4v) is 2.75. The van der Waals surface area contributed by atoms with Crippen molar-refractivity contribution in [2.45, 2.75) is 32.2 Å². The van der Waals surface area contributed by atoms with Gasteiger partial charge in [-0.15, -0.1) is 0 Å². The summed E-state index contributed by atoms with van der Waals surface area (Å²) in [6.45, 7) is 2.41. The monoisotopic (exact) mass is 276 g/mol. The molecule has 0 aromatic heterocycles. The van der Waals surface area contributed by atoms with E-state index in [1.165, 1.54) is 4.90 Å². The molecule has 1 aliphatic heterocycles. The first-order valence-corrected chi connectivity index (χ1v) is 6.86. The summed E-state index contributed by atoms with van der Waals surface area (Å²) in [5, 5.41) is 9.22. The quantitative estimate of drug-likeness (QED) is 0.817. The van der Waals surface area contributed by atoms with Gasteiger partial charge in [0.2, 0.25) is 5.91 Å². The van der Waals surface area contributed by atoms with Crippen molar-refractivity contribution in [3.05, 3.63) is 29.8 Å². The third-order valence-electron chi connectivity index (χ3n) is 3.94. The molecule has 5 nitrogen and oxygen atoms in total. The van der Waals surface area contributed by atoms with Gasteiger partial charge in [-0.3, -0.25) is 4.79 Å². The van der Waals surface area contributed by atoms with E-state index in [1.54, 1.807) is 6.07 Å². The number of hydrogen-bond acceptors (Lipinski definition) is 3. The molecule has 1 fully saturated rings. The van der Waals surface area contributed by atoms with Crippen molar-refractivity contribution >= 4 is 17.6 Å². The number of carbonyl (C=O) groups excluding carboxylic acids is 1. The highest BCUT2D eigenvalue weighted by atomic mass is 16.4. The minimum Gasteiger partial charge on any atom is -0.480 e. The molecule has 1 aromatic rings. The molecule has 0 spiro atoms. The molecule has 2 unspecified atom stereocenters. The van der Waals surface area contributed by atoms with Crippen LogP contribution >= 0.6 is 0 Å². The van der Waals surface area contributed by atoms with E-state index >= 15 is 0 Å². The van der Waals surface area contributed by atoms with Crippen molar-refractivity contribution in [1.29, 1.82) is 0 Å². The van der Waals surface area contributed by atoms with Crippen LogP contribution in [0.4, 0.5) is 5.69 Å². The van der Waals surface area contributed by atoms with Gasteiger partial charge in [-0.25, -0.2) is 4.79 Å². The van der Waals surface area contributed by atoms with Crippen LogP contribution in [-0.2, 0) is 16.0 Å². The highest BCUT2D eigenvalue weighted by Crippen LogP contribution is 2.25. The Kier molecular flexibility index (Phi) is 4.27. The molecule has 1 aliphatic rings. The number of hydrogen-bond donors (Lipinski definition) is 2. The molecule has 5 heteroatoms. The van der Waals surface area contributed by atoms with Crippen LogP contribution in [0.5, 0.6) is 0 Å². The SMILES string of the molecule is CC1CCN(C(=O)CCc2ccccc2N)C1C(=O)O. The maximum absolute atomic E-state index is 12.2. The Morgan fingerprint density at radius 1 is 1.40 bits per heavy atom. The molecule has 0 bridgehead atoms. The molecule has 0 saturated carbocycles. The van der Waals surface area contributed by atoms with Crippen LogP contribution in [0.2, 0.25) is 0 Å². The number of carboxylic acids is 1. The van der Waals surface area contributed by atoms with Crippen LogP contribution in [0.15, 0.2) is 24.3 Å². The summed E-state index contributed by atoms with van der Waals surface area (Å²) in [5.74, 6) is -1.01. The first kappa shape index (κ1) is 14.4. The van der Waals surface area contributed by atoms with Gasteiger partial charge >= 0.3 is 5.97 Å². The Hall–Kier alpha value is -2.04. The van der Waals surface area contributed by atoms with Crippen molar-refractivity contribution in [2.24, 2.45) is 5.92 Å². The van der Waals surface area contributed by atoms with Crippen LogP contribution in [0.1, 0.15) is 25.3 Å². The summed E-state index contributed by atoms with van der Waals surface area (Å²) >= 11 is 0. The number of aryl methyl sites for hydroxylation is 1. The molecule has 108 valence electrons. The van der Waals surface area contributed by atoms with E-state index in [0.29, 0.717) is 25.1 Å². The van der Waals surface area contributed by atoms with Gasteiger partial charge in [0.05, 0.1) is 0 Å². The zero-order valence-electron chi connectivity index (χ0n) is 11.6. The molecule has 1 amide bonds. The standard InChI is InChI=1S/C15H20N2O3/c1-10-8-9-17(14(10)15(19)20)13(18)7-6-11-4-2-3-5-12(11)16/h2-5,10,14H,6-9,16H2,1H3,(H,19,20). The van der Waals surface area contributed by atoms with Gasteiger partial charge in [0, 0.05) is 18.7 Å². The second-order valence-corrected chi connectivity index (χ2v) is 5.33. The molecular weight excluding hydrogens is 256 g/mol. The number of likely N-dealkylation sites (tertiary alicyclic amines) is 1. The van der Waals surface area contributed by atoms with Gasteiger partial charge in [0.15, 0.2) is 0 Å². The largest absolute Gasteiger partial charge is 0.480 e. The smallest absolute Gasteiger partial charge is 0.326 e. The predicted molar refractivity (Wildman–Crippen MR) is 76.1 cm³/mol. The minimum atomic E-state index is -0.914. The number of rotatable bonds is 4. The number of benzene rings is 1. The third kappa shape index (κ3) is 2.92. The molecule has 1 aromatic carbocycles. The van der Waals surface area contributed by atoms with Crippen molar-refractivity contribution in [2.75, 3.05) is 12.3 Å².